The minimum absolute atomic E-state index is 0.271. The van der Waals surface area contributed by atoms with E-state index in [0.717, 1.165) is 25.2 Å². The van der Waals surface area contributed by atoms with Crippen molar-refractivity contribution in [1.82, 2.24) is 24.8 Å². The highest BCUT2D eigenvalue weighted by atomic mass is 32.2. The molecule has 0 fully saturated rings. The van der Waals surface area contributed by atoms with E-state index in [1.807, 2.05) is 0 Å². The average Bonchev–Trinajstić information content (AvgIpc) is 2.78. The van der Waals surface area contributed by atoms with Crippen LogP contribution >= 0.6 is 0 Å². The van der Waals surface area contributed by atoms with Gasteiger partial charge in [0.05, 0.1) is 11.9 Å². The highest BCUT2D eigenvalue weighted by Gasteiger charge is 2.30. The molecule has 0 saturated heterocycles. The van der Waals surface area contributed by atoms with Crippen molar-refractivity contribution < 1.29 is 4.21 Å². The fraction of sp³-hybridized carbons (Fsp3) is 0.375. The van der Waals surface area contributed by atoms with Crippen LogP contribution < -0.4 is 10.6 Å². The molecule has 0 saturated carbocycles. The molecule has 2 N–H and O–H groups in total. The lowest BCUT2D eigenvalue weighted by molar-refractivity contribution is 0.262. The molecule has 1 unspecified atom stereocenters. The number of aromatic nitrogens is 4. The first-order chi connectivity index (χ1) is 16.8. The lowest BCUT2D eigenvalue weighted by Crippen LogP contribution is -2.33. The van der Waals surface area contributed by atoms with Gasteiger partial charge in [-0.25, -0.2) is 19.2 Å². The molecule has 35 heavy (non-hydrogen) atoms. The largest absolute Gasteiger partial charge is 0.324 e. The van der Waals surface area contributed by atoms with Crippen LogP contribution in [0.15, 0.2) is 34.8 Å². The molecule has 10 nitrogen and oxygen atoms in total. The van der Waals surface area contributed by atoms with Gasteiger partial charge in [0.2, 0.25) is 5.95 Å². The first-order valence-corrected chi connectivity index (χ1v) is 13.8. The van der Waals surface area contributed by atoms with E-state index < -0.39 is 9.73 Å². The molecular weight excluding hydrogens is 462 g/mol. The maximum atomic E-state index is 12.0. The third-order valence-electron chi connectivity index (χ3n) is 6.03. The van der Waals surface area contributed by atoms with Crippen molar-refractivity contribution in [3.63, 3.8) is 0 Å². The molecule has 2 aliphatic rings. The molecule has 0 radical (unpaired) electrons. The summed E-state index contributed by atoms with van der Waals surface area (Å²) in [5, 5.41) is 15.8. The van der Waals surface area contributed by atoms with Crippen molar-refractivity contribution in [1.29, 1.82) is 5.26 Å². The van der Waals surface area contributed by atoms with E-state index in [9.17, 15) is 9.47 Å². The van der Waals surface area contributed by atoms with Crippen molar-refractivity contribution in [2.45, 2.75) is 31.7 Å². The van der Waals surface area contributed by atoms with Crippen molar-refractivity contribution in [3.05, 3.63) is 52.8 Å². The number of pyridine rings is 2. The Bertz CT molecular complexity index is 1450. The Labute approximate surface area is 205 Å². The van der Waals surface area contributed by atoms with Gasteiger partial charge in [-0.1, -0.05) is 6.07 Å². The normalized spacial score (nSPS) is 17.3. The lowest BCUT2D eigenvalue weighted by atomic mass is 9.79. The summed E-state index contributed by atoms with van der Waals surface area (Å²) in [5.41, 5.74) is 4.15. The number of nitrogens with zero attached hydrogens (tertiary/aromatic N) is 7. The first-order valence-electron chi connectivity index (χ1n) is 11.4. The van der Waals surface area contributed by atoms with Gasteiger partial charge in [0.15, 0.2) is 11.6 Å². The summed E-state index contributed by atoms with van der Waals surface area (Å²) in [5.74, 6) is 2.66. The van der Waals surface area contributed by atoms with E-state index in [1.165, 1.54) is 30.2 Å². The Kier molecular flexibility index (Phi) is 6.08. The topological polar surface area (TPSA) is 132 Å². The Morgan fingerprint density at radius 1 is 1.20 bits per heavy atom. The van der Waals surface area contributed by atoms with Crippen LogP contribution in [0.2, 0.25) is 0 Å². The van der Waals surface area contributed by atoms with Crippen molar-refractivity contribution >= 4 is 38.9 Å². The number of hydrogen-bond acceptors (Lipinski definition) is 10. The molecule has 1 aliphatic carbocycles. The first kappa shape index (κ1) is 23.1. The number of nitriles is 1. The average molecular weight is 490 g/mol. The van der Waals surface area contributed by atoms with Crippen LogP contribution in [0.4, 0.5) is 29.2 Å². The Hall–Kier alpha value is -3.62. The highest BCUT2D eigenvalue weighted by Crippen LogP contribution is 2.38. The van der Waals surface area contributed by atoms with Gasteiger partial charge in [-0.2, -0.15) is 14.6 Å². The summed E-state index contributed by atoms with van der Waals surface area (Å²) in [6.45, 7) is 1.91. The second-order valence-corrected chi connectivity index (χ2v) is 11.8. The quantitative estimate of drug-likeness (QED) is 0.548. The zero-order valence-corrected chi connectivity index (χ0v) is 20.8. The highest BCUT2D eigenvalue weighted by molar-refractivity contribution is 7.92. The Morgan fingerprint density at radius 3 is 2.86 bits per heavy atom. The second kappa shape index (κ2) is 9.20. The van der Waals surface area contributed by atoms with E-state index in [-0.39, 0.29) is 5.56 Å². The predicted molar refractivity (Wildman–Crippen MR) is 136 cm³/mol. The van der Waals surface area contributed by atoms with Gasteiger partial charge in [-0.05, 0) is 61.6 Å². The van der Waals surface area contributed by atoms with Gasteiger partial charge in [0.25, 0.3) is 0 Å². The van der Waals surface area contributed by atoms with E-state index >= 15 is 0 Å². The molecule has 0 bridgehead atoms. The summed E-state index contributed by atoms with van der Waals surface area (Å²) < 4.78 is 16.1. The van der Waals surface area contributed by atoms with Crippen LogP contribution in [0.25, 0.3) is 0 Å². The van der Waals surface area contributed by atoms with Gasteiger partial charge in [-0.15, -0.1) is 0 Å². The lowest BCUT2D eigenvalue weighted by Gasteiger charge is -2.36. The maximum absolute atomic E-state index is 12.0. The standard InChI is InChI=1S/C24H27N9OS/c1-33-13-16-7-4-6-15-10-21(27-18(14-33)22(15)16)30-24-26-12-17(11-25)23(31-24)29-19-8-5-9-20(28-19)32-35(2,3)34/h5,8-10,12,16H,4,6-7,13-14H2,1-3H3,(H2,26,27,28,29,30,31). The van der Waals surface area contributed by atoms with E-state index in [1.54, 1.807) is 30.7 Å². The molecular formula is C24H27N9OS. The summed E-state index contributed by atoms with van der Waals surface area (Å²) in [4.78, 5) is 20.4. The van der Waals surface area contributed by atoms with E-state index in [0.29, 0.717) is 35.1 Å². The van der Waals surface area contributed by atoms with Gasteiger partial charge >= 0.3 is 0 Å². The molecule has 4 heterocycles. The number of nitrogens with one attached hydrogen (secondary N) is 2. The van der Waals surface area contributed by atoms with Crippen LogP contribution in [0.1, 0.15) is 41.1 Å². The predicted octanol–water partition coefficient (Wildman–Crippen LogP) is 3.85. The van der Waals surface area contributed by atoms with Gasteiger partial charge in [0, 0.05) is 35.3 Å². The zero-order valence-electron chi connectivity index (χ0n) is 19.9. The van der Waals surface area contributed by atoms with Crippen molar-refractivity contribution in [2.75, 3.05) is 36.7 Å². The van der Waals surface area contributed by atoms with Gasteiger partial charge in [0.1, 0.15) is 23.3 Å². The molecule has 3 aromatic rings. The van der Waals surface area contributed by atoms with Gasteiger partial charge < -0.3 is 10.6 Å². The minimum atomic E-state index is -2.35. The molecule has 1 aliphatic heterocycles. The summed E-state index contributed by atoms with van der Waals surface area (Å²) in [6, 6.07) is 9.35. The third-order valence-corrected chi connectivity index (χ3v) is 6.65. The summed E-state index contributed by atoms with van der Waals surface area (Å²) in [7, 11) is -0.214. The fourth-order valence-electron chi connectivity index (χ4n) is 4.74. The SMILES string of the molecule is CN1Cc2nc(Nc3ncc(C#N)c(Nc4cccc(N=S(C)(C)=O)n4)n3)cc3c2C(CCC3)C1. The number of anilines is 4. The van der Waals surface area contributed by atoms with Crippen LogP contribution in [0.5, 0.6) is 0 Å². The van der Waals surface area contributed by atoms with Crippen molar-refractivity contribution in [2.24, 2.45) is 4.36 Å². The zero-order chi connectivity index (χ0) is 24.6. The molecule has 0 amide bonds. The van der Waals surface area contributed by atoms with Gasteiger partial charge in [-0.3, -0.25) is 4.90 Å². The van der Waals surface area contributed by atoms with E-state index in [4.69, 9.17) is 4.98 Å². The maximum Gasteiger partial charge on any atom is 0.230 e. The van der Waals surface area contributed by atoms with Crippen LogP contribution in [-0.4, -0.2) is 55.1 Å². The number of hydrogen-bond donors (Lipinski definition) is 2. The second-order valence-electron chi connectivity index (χ2n) is 9.28. The van der Waals surface area contributed by atoms with Crippen LogP contribution in [0, 0.1) is 11.3 Å². The number of aryl methyl sites for hydroxylation is 1. The molecule has 1 atom stereocenters. The molecule has 180 valence electrons. The molecule has 3 aromatic heterocycles. The molecule has 11 heteroatoms. The summed E-state index contributed by atoms with van der Waals surface area (Å²) in [6.07, 6.45) is 8.00. The molecule has 5 rings (SSSR count). The van der Waals surface area contributed by atoms with Crippen LogP contribution in [-0.2, 0) is 22.7 Å². The summed E-state index contributed by atoms with van der Waals surface area (Å²) >= 11 is 0. The fourth-order valence-corrected chi connectivity index (χ4v) is 5.29. The smallest absolute Gasteiger partial charge is 0.230 e. The van der Waals surface area contributed by atoms with E-state index in [2.05, 4.69) is 54.0 Å². The van der Waals surface area contributed by atoms with Crippen molar-refractivity contribution in [3.8, 4) is 6.07 Å². The number of rotatable bonds is 5. The Morgan fingerprint density at radius 2 is 2.06 bits per heavy atom. The monoisotopic (exact) mass is 489 g/mol. The molecule has 0 aromatic carbocycles. The van der Waals surface area contributed by atoms with Crippen LogP contribution in [0.3, 0.4) is 0 Å². The molecule has 0 spiro atoms. The minimum Gasteiger partial charge on any atom is -0.324 e. The number of likely N-dealkylation sites (N-methyl/N-ethyl adjacent to an activating group) is 1. The third kappa shape index (κ3) is 5.23. The Balaban J connectivity index is 1.44.